The van der Waals surface area contributed by atoms with Crippen LogP contribution in [0.3, 0.4) is 0 Å². The zero-order valence-corrected chi connectivity index (χ0v) is 14.7. The molecule has 2 fully saturated rings. The molecule has 1 aromatic heterocycles. The SMILES string of the molecule is CCc1cc(C(=O)N2C[C@H](CO)C[C@H](CN3CCCC3)C2)ccn1. The van der Waals surface area contributed by atoms with Crippen LogP contribution in [0.15, 0.2) is 18.3 Å². The van der Waals surface area contributed by atoms with Crippen molar-refractivity contribution < 1.29 is 9.90 Å². The minimum absolute atomic E-state index is 0.0803. The van der Waals surface area contributed by atoms with E-state index in [0.717, 1.165) is 37.2 Å². The summed E-state index contributed by atoms with van der Waals surface area (Å²) < 4.78 is 0. The van der Waals surface area contributed by atoms with E-state index in [1.807, 2.05) is 17.9 Å². The summed E-state index contributed by atoms with van der Waals surface area (Å²) in [5.74, 6) is 0.741. The zero-order valence-electron chi connectivity index (χ0n) is 14.7. The van der Waals surface area contributed by atoms with Gasteiger partial charge in [0.15, 0.2) is 0 Å². The normalized spacial score (nSPS) is 25.2. The van der Waals surface area contributed by atoms with Crippen molar-refractivity contribution in [2.24, 2.45) is 11.8 Å². The number of carbonyl (C=O) groups excluding carboxylic acids is 1. The molecule has 3 heterocycles. The molecule has 2 atom stereocenters. The van der Waals surface area contributed by atoms with Crippen molar-refractivity contribution in [3.8, 4) is 0 Å². The summed E-state index contributed by atoms with van der Waals surface area (Å²) in [6.45, 7) is 7.08. The molecule has 24 heavy (non-hydrogen) atoms. The second-order valence-electron chi connectivity index (χ2n) is 7.26. The molecule has 0 radical (unpaired) electrons. The molecule has 5 heteroatoms. The molecule has 5 nitrogen and oxygen atoms in total. The van der Waals surface area contributed by atoms with Gasteiger partial charge in [0.2, 0.25) is 0 Å². The van der Waals surface area contributed by atoms with Crippen LogP contribution in [0.1, 0.15) is 42.2 Å². The Labute approximate surface area is 144 Å². The number of hydrogen-bond acceptors (Lipinski definition) is 4. The van der Waals surface area contributed by atoms with Crippen molar-refractivity contribution in [2.75, 3.05) is 39.3 Å². The third kappa shape index (κ3) is 4.14. The van der Waals surface area contributed by atoms with Gasteiger partial charge in [-0.15, -0.1) is 0 Å². The smallest absolute Gasteiger partial charge is 0.253 e. The molecule has 0 spiro atoms. The number of aryl methyl sites for hydroxylation is 1. The minimum atomic E-state index is 0.0803. The zero-order chi connectivity index (χ0) is 16.9. The van der Waals surface area contributed by atoms with Crippen LogP contribution in [0.2, 0.25) is 0 Å². The number of hydrogen-bond donors (Lipinski definition) is 1. The number of aliphatic hydroxyl groups is 1. The predicted molar refractivity (Wildman–Crippen MR) is 93.9 cm³/mol. The maximum absolute atomic E-state index is 12.9. The van der Waals surface area contributed by atoms with Gasteiger partial charge < -0.3 is 14.9 Å². The lowest BCUT2D eigenvalue weighted by Gasteiger charge is -2.38. The van der Waals surface area contributed by atoms with Gasteiger partial charge in [0.25, 0.3) is 5.91 Å². The van der Waals surface area contributed by atoms with E-state index >= 15 is 0 Å². The number of amides is 1. The van der Waals surface area contributed by atoms with Crippen LogP contribution in [0.5, 0.6) is 0 Å². The van der Waals surface area contributed by atoms with Crippen LogP contribution in [-0.2, 0) is 6.42 Å². The minimum Gasteiger partial charge on any atom is -0.396 e. The van der Waals surface area contributed by atoms with Crippen LogP contribution < -0.4 is 0 Å². The summed E-state index contributed by atoms with van der Waals surface area (Å²) in [6.07, 6.45) is 6.15. The van der Waals surface area contributed by atoms with Crippen molar-refractivity contribution in [1.82, 2.24) is 14.8 Å². The van der Waals surface area contributed by atoms with Crippen LogP contribution >= 0.6 is 0 Å². The molecular weight excluding hydrogens is 302 g/mol. The fourth-order valence-electron chi connectivity index (χ4n) is 4.07. The average molecular weight is 331 g/mol. The fraction of sp³-hybridized carbons (Fsp3) is 0.684. The molecule has 0 aromatic carbocycles. The standard InChI is InChI=1S/C19H29N3O2/c1-2-18-10-17(5-6-20-18)19(24)22-12-15(9-16(13-22)14-23)11-21-7-3-4-8-21/h5-6,10,15-16,23H,2-4,7-9,11-14H2,1H3/t15-,16-/m1/s1. The summed E-state index contributed by atoms with van der Waals surface area (Å²) in [4.78, 5) is 21.7. The van der Waals surface area contributed by atoms with Gasteiger partial charge in [0.05, 0.1) is 0 Å². The molecule has 2 aliphatic rings. The fourth-order valence-corrected chi connectivity index (χ4v) is 4.07. The molecule has 1 amide bonds. The first kappa shape index (κ1) is 17.4. The lowest BCUT2D eigenvalue weighted by Crippen LogP contribution is -2.47. The Morgan fingerprint density at radius 1 is 1.29 bits per heavy atom. The number of aliphatic hydroxyl groups excluding tert-OH is 1. The van der Waals surface area contributed by atoms with Crippen molar-refractivity contribution in [3.05, 3.63) is 29.6 Å². The van der Waals surface area contributed by atoms with E-state index in [1.54, 1.807) is 12.3 Å². The molecule has 3 rings (SSSR count). The van der Waals surface area contributed by atoms with Crippen molar-refractivity contribution in [2.45, 2.75) is 32.6 Å². The molecule has 2 saturated heterocycles. The summed E-state index contributed by atoms with van der Waals surface area (Å²) in [7, 11) is 0. The molecule has 0 saturated carbocycles. The highest BCUT2D eigenvalue weighted by molar-refractivity contribution is 5.94. The predicted octanol–water partition coefficient (Wildman–Crippen LogP) is 1.81. The van der Waals surface area contributed by atoms with E-state index in [1.165, 1.54) is 25.9 Å². The van der Waals surface area contributed by atoms with Crippen molar-refractivity contribution in [3.63, 3.8) is 0 Å². The highest BCUT2D eigenvalue weighted by atomic mass is 16.3. The molecule has 132 valence electrons. The Morgan fingerprint density at radius 3 is 2.75 bits per heavy atom. The number of nitrogens with zero attached hydrogens (tertiary/aromatic N) is 3. The summed E-state index contributed by atoms with van der Waals surface area (Å²) in [6, 6.07) is 3.71. The Balaban J connectivity index is 1.69. The average Bonchev–Trinajstić information content (AvgIpc) is 3.13. The molecule has 0 bridgehead atoms. The van der Waals surface area contributed by atoms with Crippen LogP contribution in [0.4, 0.5) is 0 Å². The van der Waals surface area contributed by atoms with Gasteiger partial charge in [-0.25, -0.2) is 0 Å². The molecule has 0 unspecified atom stereocenters. The first-order valence-corrected chi connectivity index (χ1v) is 9.27. The van der Waals surface area contributed by atoms with Crippen molar-refractivity contribution >= 4 is 5.91 Å². The molecule has 2 aliphatic heterocycles. The highest BCUT2D eigenvalue weighted by Crippen LogP contribution is 2.25. The monoisotopic (exact) mass is 331 g/mol. The topological polar surface area (TPSA) is 56.7 Å². The van der Waals surface area contributed by atoms with Gasteiger partial charge in [-0.3, -0.25) is 9.78 Å². The highest BCUT2D eigenvalue weighted by Gasteiger charge is 2.31. The van der Waals surface area contributed by atoms with E-state index in [0.29, 0.717) is 12.5 Å². The van der Waals surface area contributed by atoms with Gasteiger partial charge in [-0.05, 0) is 62.7 Å². The number of piperidine rings is 1. The summed E-state index contributed by atoms with van der Waals surface area (Å²) >= 11 is 0. The van der Waals surface area contributed by atoms with E-state index < -0.39 is 0 Å². The molecule has 0 aliphatic carbocycles. The third-order valence-corrected chi connectivity index (χ3v) is 5.31. The Hall–Kier alpha value is -1.46. The number of pyridine rings is 1. The lowest BCUT2D eigenvalue weighted by atomic mass is 9.89. The first-order valence-electron chi connectivity index (χ1n) is 9.27. The maximum atomic E-state index is 12.9. The lowest BCUT2D eigenvalue weighted by molar-refractivity contribution is 0.0465. The van der Waals surface area contributed by atoms with Gasteiger partial charge in [0, 0.05) is 43.7 Å². The van der Waals surface area contributed by atoms with Gasteiger partial charge in [-0.1, -0.05) is 6.92 Å². The second kappa shape index (κ2) is 8.08. The third-order valence-electron chi connectivity index (χ3n) is 5.31. The molecule has 1 N–H and O–H groups in total. The first-order chi connectivity index (χ1) is 11.7. The molecular formula is C19H29N3O2. The van der Waals surface area contributed by atoms with Crippen LogP contribution in [-0.4, -0.2) is 65.1 Å². The molecule has 1 aromatic rings. The second-order valence-corrected chi connectivity index (χ2v) is 7.26. The van der Waals surface area contributed by atoms with Gasteiger partial charge in [-0.2, -0.15) is 0 Å². The summed E-state index contributed by atoms with van der Waals surface area (Å²) in [5, 5.41) is 9.66. The Morgan fingerprint density at radius 2 is 2.04 bits per heavy atom. The quantitative estimate of drug-likeness (QED) is 0.894. The van der Waals surface area contributed by atoms with Crippen LogP contribution in [0.25, 0.3) is 0 Å². The number of aromatic nitrogens is 1. The number of rotatable bonds is 5. The largest absolute Gasteiger partial charge is 0.396 e. The van der Waals surface area contributed by atoms with Gasteiger partial charge >= 0.3 is 0 Å². The van der Waals surface area contributed by atoms with E-state index in [9.17, 15) is 9.90 Å². The summed E-state index contributed by atoms with van der Waals surface area (Å²) in [5.41, 5.74) is 1.67. The van der Waals surface area contributed by atoms with Crippen molar-refractivity contribution in [1.29, 1.82) is 0 Å². The van der Waals surface area contributed by atoms with E-state index in [-0.39, 0.29) is 18.4 Å². The maximum Gasteiger partial charge on any atom is 0.253 e. The van der Waals surface area contributed by atoms with E-state index in [4.69, 9.17) is 0 Å². The Bertz CT molecular complexity index is 557. The van der Waals surface area contributed by atoms with Crippen LogP contribution in [0, 0.1) is 11.8 Å². The van der Waals surface area contributed by atoms with Gasteiger partial charge in [0.1, 0.15) is 0 Å². The Kier molecular flexibility index (Phi) is 5.85. The number of carbonyl (C=O) groups is 1. The van der Waals surface area contributed by atoms with E-state index in [2.05, 4.69) is 9.88 Å². The number of likely N-dealkylation sites (tertiary alicyclic amines) is 2.